The van der Waals surface area contributed by atoms with Crippen LogP contribution in [0.3, 0.4) is 0 Å². The molecule has 0 aliphatic carbocycles. The summed E-state index contributed by atoms with van der Waals surface area (Å²) >= 11 is 0. The third kappa shape index (κ3) is 9.35. The smallest absolute Gasteiger partial charge is 0.335 e. The van der Waals surface area contributed by atoms with Crippen LogP contribution in [0.25, 0.3) is 0 Å². The number of rotatable bonds is 2. The van der Waals surface area contributed by atoms with Gasteiger partial charge in [0.15, 0.2) is 0 Å². The van der Waals surface area contributed by atoms with Crippen molar-refractivity contribution in [2.45, 2.75) is 13.3 Å². The molecule has 0 heterocycles. The van der Waals surface area contributed by atoms with Gasteiger partial charge in [0, 0.05) is 32.6 Å². The van der Waals surface area contributed by atoms with Crippen LogP contribution in [0.4, 0.5) is 0 Å². The Bertz CT molecular complexity index is 298. The van der Waals surface area contributed by atoms with Gasteiger partial charge in [-0.25, -0.2) is 4.79 Å². The second-order valence-electron chi connectivity index (χ2n) is 2.42. The van der Waals surface area contributed by atoms with Crippen molar-refractivity contribution in [3.05, 3.63) is 35.9 Å². The van der Waals surface area contributed by atoms with Gasteiger partial charge >= 0.3 is 11.9 Å². The van der Waals surface area contributed by atoms with E-state index >= 15 is 0 Å². The number of benzene rings is 1. The van der Waals surface area contributed by atoms with Gasteiger partial charge in [-0.05, 0) is 12.1 Å². The van der Waals surface area contributed by atoms with E-state index in [2.05, 4.69) is 0 Å². The van der Waals surface area contributed by atoms with E-state index in [-0.39, 0.29) is 32.6 Å². The summed E-state index contributed by atoms with van der Waals surface area (Å²) in [5.74, 6) is -1.62. The van der Waals surface area contributed by atoms with Crippen LogP contribution in [0.1, 0.15) is 23.7 Å². The summed E-state index contributed by atoms with van der Waals surface area (Å²) in [6, 6.07) is 8.30. The summed E-state index contributed by atoms with van der Waals surface area (Å²) in [6.45, 7) is 1.60. The summed E-state index contributed by atoms with van der Waals surface area (Å²) in [6.07, 6.45) is 0.222. The van der Waals surface area contributed by atoms with E-state index in [0.29, 0.717) is 5.56 Å². The average molecular weight is 287 g/mol. The Kier molecular flexibility index (Phi) is 10.5. The Labute approximate surface area is 107 Å². The normalized spacial score (nSPS) is 7.80. The third-order valence-electron chi connectivity index (χ3n) is 1.32. The molecule has 0 saturated heterocycles. The first kappa shape index (κ1) is 16.5. The van der Waals surface area contributed by atoms with Crippen LogP contribution in [0.15, 0.2) is 30.3 Å². The molecule has 0 fully saturated rings. The first-order valence-electron chi connectivity index (χ1n) is 4.08. The minimum atomic E-state index is -0.879. The molecule has 1 rings (SSSR count). The third-order valence-corrected chi connectivity index (χ3v) is 1.32. The summed E-state index contributed by atoms with van der Waals surface area (Å²) < 4.78 is 0. The predicted molar refractivity (Wildman–Crippen MR) is 51.3 cm³/mol. The van der Waals surface area contributed by atoms with E-state index in [1.54, 1.807) is 37.3 Å². The van der Waals surface area contributed by atoms with Crippen molar-refractivity contribution in [3.8, 4) is 0 Å². The number of carbonyl (C=O) groups is 2. The van der Waals surface area contributed by atoms with Gasteiger partial charge in [0.1, 0.15) is 0 Å². The molecule has 15 heavy (non-hydrogen) atoms. The van der Waals surface area contributed by atoms with Gasteiger partial charge in [0.25, 0.3) is 0 Å². The van der Waals surface area contributed by atoms with Crippen LogP contribution in [0.5, 0.6) is 0 Å². The molecule has 0 amide bonds. The molecule has 0 aromatic heterocycles. The fourth-order valence-electron chi connectivity index (χ4n) is 0.581. The van der Waals surface area contributed by atoms with E-state index in [1.165, 1.54) is 0 Å². The molecule has 0 atom stereocenters. The zero-order valence-corrected chi connectivity index (χ0v) is 10.8. The van der Waals surface area contributed by atoms with Crippen molar-refractivity contribution in [3.63, 3.8) is 0 Å². The molecule has 0 bridgehead atoms. The molecule has 0 radical (unpaired) electrons. The van der Waals surface area contributed by atoms with Gasteiger partial charge in [-0.1, -0.05) is 25.1 Å². The molecule has 80 valence electrons. The number of carboxylic acids is 2. The van der Waals surface area contributed by atoms with Crippen LogP contribution < -0.4 is 0 Å². The van der Waals surface area contributed by atoms with E-state index in [9.17, 15) is 9.59 Å². The monoisotopic (exact) mass is 286 g/mol. The van der Waals surface area contributed by atoms with Crippen molar-refractivity contribution < 1.29 is 46.0 Å². The van der Waals surface area contributed by atoms with Crippen molar-refractivity contribution in [2.24, 2.45) is 0 Å². The van der Waals surface area contributed by atoms with Crippen LogP contribution in [-0.2, 0) is 31.0 Å². The zero-order chi connectivity index (χ0) is 11.0. The summed E-state index contributed by atoms with van der Waals surface area (Å²) in [7, 11) is 0. The molecule has 5 heteroatoms. The molecule has 4 nitrogen and oxygen atoms in total. The van der Waals surface area contributed by atoms with Crippen LogP contribution >= 0.6 is 0 Å². The van der Waals surface area contributed by atoms with E-state index < -0.39 is 11.9 Å². The summed E-state index contributed by atoms with van der Waals surface area (Å²) in [5, 5.41) is 16.1. The van der Waals surface area contributed by atoms with Crippen LogP contribution in [0.2, 0.25) is 0 Å². The Hall–Kier alpha value is -0.957. The van der Waals surface area contributed by atoms with E-state index in [0.717, 1.165) is 0 Å². The Morgan fingerprint density at radius 2 is 1.53 bits per heavy atom. The Morgan fingerprint density at radius 1 is 1.13 bits per heavy atom. The minimum absolute atomic E-state index is 0. The van der Waals surface area contributed by atoms with Crippen LogP contribution in [-0.4, -0.2) is 22.2 Å². The van der Waals surface area contributed by atoms with Crippen molar-refractivity contribution in [1.29, 1.82) is 0 Å². The van der Waals surface area contributed by atoms with Gasteiger partial charge in [-0.2, -0.15) is 0 Å². The fourth-order valence-corrected chi connectivity index (χ4v) is 0.581. The minimum Gasteiger partial charge on any atom is -0.481 e. The quantitative estimate of drug-likeness (QED) is 0.870. The van der Waals surface area contributed by atoms with Crippen molar-refractivity contribution in [1.82, 2.24) is 0 Å². The molecule has 2 N–H and O–H groups in total. The number of hydrogen-bond donors (Lipinski definition) is 2. The molecule has 0 unspecified atom stereocenters. The van der Waals surface area contributed by atoms with Gasteiger partial charge < -0.3 is 10.2 Å². The molecule has 0 spiro atoms. The van der Waals surface area contributed by atoms with E-state index in [4.69, 9.17) is 10.2 Å². The van der Waals surface area contributed by atoms with Gasteiger partial charge in [-0.3, -0.25) is 4.79 Å². The molecular weight excluding hydrogens is 275 g/mol. The maximum Gasteiger partial charge on any atom is 0.335 e. The largest absolute Gasteiger partial charge is 0.481 e. The maximum atomic E-state index is 10.2. The summed E-state index contributed by atoms with van der Waals surface area (Å²) in [5.41, 5.74) is 0.331. The molecule has 1 aromatic carbocycles. The van der Waals surface area contributed by atoms with Crippen molar-refractivity contribution >= 4 is 11.9 Å². The van der Waals surface area contributed by atoms with Crippen LogP contribution in [0, 0.1) is 0 Å². The SMILES string of the molecule is CCC(=O)O.O=C(O)c1ccccc1.[Zr]. The molecule has 1 aromatic rings. The van der Waals surface area contributed by atoms with Crippen molar-refractivity contribution in [2.75, 3.05) is 0 Å². The molecular formula is C10H12O4Zr. The van der Waals surface area contributed by atoms with Gasteiger partial charge in [0.2, 0.25) is 0 Å². The zero-order valence-electron chi connectivity index (χ0n) is 8.30. The maximum absolute atomic E-state index is 10.2. The number of hydrogen-bond acceptors (Lipinski definition) is 2. The first-order chi connectivity index (χ1) is 6.57. The topological polar surface area (TPSA) is 74.6 Å². The molecule has 0 aliphatic rings. The second kappa shape index (κ2) is 9.59. The fraction of sp³-hybridized carbons (Fsp3) is 0.200. The van der Waals surface area contributed by atoms with Gasteiger partial charge in [-0.15, -0.1) is 0 Å². The number of carboxylic acid groups (broad SMARTS) is 2. The number of aliphatic carboxylic acids is 1. The summed E-state index contributed by atoms with van der Waals surface area (Å²) in [4.78, 5) is 19.6. The Morgan fingerprint density at radius 3 is 1.73 bits per heavy atom. The molecule has 0 saturated carbocycles. The predicted octanol–water partition coefficient (Wildman–Crippen LogP) is 1.86. The number of aromatic carboxylic acids is 1. The average Bonchev–Trinajstić information content (AvgIpc) is 2.20. The van der Waals surface area contributed by atoms with Gasteiger partial charge in [0.05, 0.1) is 5.56 Å². The molecule has 0 aliphatic heterocycles. The first-order valence-corrected chi connectivity index (χ1v) is 4.08. The standard InChI is InChI=1S/C7H6O2.C3H6O2.Zr/c8-7(9)6-4-2-1-3-5-6;1-2-3(4)5;/h1-5H,(H,8,9);2H2,1H3,(H,4,5);. The van der Waals surface area contributed by atoms with E-state index in [1.807, 2.05) is 0 Å². The Balaban J connectivity index is 0. The second-order valence-corrected chi connectivity index (χ2v) is 2.42.